The third-order valence-electron chi connectivity index (χ3n) is 5.14. The normalized spacial score (nSPS) is 16.7. The first-order valence-corrected chi connectivity index (χ1v) is 8.82. The van der Waals surface area contributed by atoms with Crippen molar-refractivity contribution in [2.45, 2.75) is 13.0 Å². The molecule has 0 atom stereocenters. The molecule has 2 aliphatic heterocycles. The summed E-state index contributed by atoms with van der Waals surface area (Å²) in [5.74, 6) is 0.381. The van der Waals surface area contributed by atoms with E-state index in [0.29, 0.717) is 23.1 Å². The Labute approximate surface area is 149 Å². The van der Waals surface area contributed by atoms with E-state index in [2.05, 4.69) is 9.88 Å². The topological polar surface area (TPSA) is 47.4 Å². The van der Waals surface area contributed by atoms with E-state index in [4.69, 9.17) is 4.74 Å². The Bertz CT molecular complexity index is 1070. The average Bonchev–Trinajstić information content (AvgIpc) is 3.00. The molecule has 3 heterocycles. The van der Waals surface area contributed by atoms with E-state index in [0.717, 1.165) is 49.7 Å². The highest BCUT2D eigenvalue weighted by atomic mass is 19.1. The SMILES string of the molecule is O=c1c2cc(CN3CCOCC3)ccc2nc2n1-c1ccc(F)cc1C2. The maximum Gasteiger partial charge on any atom is 0.265 e. The second-order valence-corrected chi connectivity index (χ2v) is 6.86. The molecule has 5 rings (SSSR count). The Hall–Kier alpha value is -2.57. The Kier molecular flexibility index (Phi) is 3.62. The fourth-order valence-corrected chi connectivity index (χ4v) is 3.85. The van der Waals surface area contributed by atoms with Crippen molar-refractivity contribution in [2.24, 2.45) is 0 Å². The third kappa shape index (κ3) is 2.53. The smallest absolute Gasteiger partial charge is 0.265 e. The van der Waals surface area contributed by atoms with Crippen molar-refractivity contribution < 1.29 is 9.13 Å². The fourth-order valence-electron chi connectivity index (χ4n) is 3.85. The molecular weight excluding hydrogens is 333 g/mol. The first-order chi connectivity index (χ1) is 12.7. The van der Waals surface area contributed by atoms with Gasteiger partial charge in [0, 0.05) is 26.1 Å². The van der Waals surface area contributed by atoms with Crippen molar-refractivity contribution >= 4 is 10.9 Å². The molecule has 6 heteroatoms. The van der Waals surface area contributed by atoms with Crippen LogP contribution in [0, 0.1) is 5.82 Å². The van der Waals surface area contributed by atoms with Crippen LogP contribution >= 0.6 is 0 Å². The predicted octanol–water partition coefficient (Wildman–Crippen LogP) is 2.26. The maximum absolute atomic E-state index is 13.5. The van der Waals surface area contributed by atoms with Crippen molar-refractivity contribution in [3.8, 4) is 5.69 Å². The standard InChI is InChI=1S/C20H18FN3O2/c21-15-2-4-18-14(10-15)11-19-22-17-3-1-13(9-16(17)20(25)24(18)19)12-23-5-7-26-8-6-23/h1-4,9-10H,5-8,11-12H2. The number of ether oxygens (including phenoxy) is 1. The first-order valence-electron chi connectivity index (χ1n) is 8.82. The van der Waals surface area contributed by atoms with E-state index in [1.54, 1.807) is 10.6 Å². The van der Waals surface area contributed by atoms with E-state index >= 15 is 0 Å². The number of morpholine rings is 1. The molecule has 1 saturated heterocycles. The number of fused-ring (bicyclic) bond motifs is 4. The number of nitrogens with zero attached hydrogens (tertiary/aromatic N) is 3. The van der Waals surface area contributed by atoms with E-state index < -0.39 is 0 Å². The molecule has 0 N–H and O–H groups in total. The third-order valence-corrected chi connectivity index (χ3v) is 5.14. The van der Waals surface area contributed by atoms with Gasteiger partial charge in [0.1, 0.15) is 11.6 Å². The molecule has 0 aliphatic carbocycles. The highest BCUT2D eigenvalue weighted by Crippen LogP contribution is 2.27. The second kappa shape index (κ2) is 6.00. The zero-order chi connectivity index (χ0) is 17.7. The summed E-state index contributed by atoms with van der Waals surface area (Å²) in [6, 6.07) is 10.4. The molecule has 5 nitrogen and oxygen atoms in total. The molecule has 0 saturated carbocycles. The lowest BCUT2D eigenvalue weighted by molar-refractivity contribution is 0.0342. The summed E-state index contributed by atoms with van der Waals surface area (Å²) < 4.78 is 20.5. The van der Waals surface area contributed by atoms with E-state index in [-0.39, 0.29) is 11.4 Å². The van der Waals surface area contributed by atoms with Gasteiger partial charge >= 0.3 is 0 Å². The molecular formula is C20H18FN3O2. The Morgan fingerprint density at radius 1 is 1.12 bits per heavy atom. The lowest BCUT2D eigenvalue weighted by Crippen LogP contribution is -2.35. The van der Waals surface area contributed by atoms with Gasteiger partial charge in [-0.15, -0.1) is 0 Å². The van der Waals surface area contributed by atoms with Gasteiger partial charge in [0.2, 0.25) is 0 Å². The number of benzene rings is 2. The van der Waals surface area contributed by atoms with Crippen LogP contribution in [-0.2, 0) is 17.7 Å². The molecule has 2 aliphatic rings. The van der Waals surface area contributed by atoms with Crippen LogP contribution in [0.25, 0.3) is 16.6 Å². The number of hydrogen-bond acceptors (Lipinski definition) is 4. The largest absolute Gasteiger partial charge is 0.379 e. The van der Waals surface area contributed by atoms with Crippen LogP contribution in [0.1, 0.15) is 17.0 Å². The lowest BCUT2D eigenvalue weighted by atomic mass is 10.1. The monoisotopic (exact) mass is 351 g/mol. The van der Waals surface area contributed by atoms with Crippen LogP contribution in [0.2, 0.25) is 0 Å². The minimum Gasteiger partial charge on any atom is -0.379 e. The Morgan fingerprint density at radius 3 is 2.81 bits per heavy atom. The number of aromatic nitrogens is 2. The summed E-state index contributed by atoms with van der Waals surface area (Å²) in [7, 11) is 0. The van der Waals surface area contributed by atoms with E-state index in [1.165, 1.54) is 12.1 Å². The van der Waals surface area contributed by atoms with Crippen molar-refractivity contribution in [1.29, 1.82) is 0 Å². The molecule has 0 bridgehead atoms. The minimum absolute atomic E-state index is 0.0841. The van der Waals surface area contributed by atoms with Gasteiger partial charge < -0.3 is 4.74 Å². The maximum atomic E-state index is 13.5. The second-order valence-electron chi connectivity index (χ2n) is 6.86. The van der Waals surface area contributed by atoms with Crippen LogP contribution in [-0.4, -0.2) is 40.8 Å². The summed E-state index contributed by atoms with van der Waals surface area (Å²) in [6.07, 6.45) is 0.480. The molecule has 132 valence electrons. The molecule has 3 aromatic rings. The summed E-state index contributed by atoms with van der Waals surface area (Å²) >= 11 is 0. The molecule has 0 amide bonds. The zero-order valence-electron chi connectivity index (χ0n) is 14.2. The number of halogens is 1. The lowest BCUT2D eigenvalue weighted by Gasteiger charge is -2.26. The van der Waals surface area contributed by atoms with Crippen molar-refractivity contribution in [3.63, 3.8) is 0 Å². The highest BCUT2D eigenvalue weighted by molar-refractivity contribution is 5.79. The number of hydrogen-bond donors (Lipinski definition) is 0. The van der Waals surface area contributed by atoms with E-state index in [9.17, 15) is 9.18 Å². The van der Waals surface area contributed by atoms with E-state index in [1.807, 2.05) is 18.2 Å². The Morgan fingerprint density at radius 2 is 1.96 bits per heavy atom. The van der Waals surface area contributed by atoms with Crippen LogP contribution in [0.15, 0.2) is 41.2 Å². The van der Waals surface area contributed by atoms with Gasteiger partial charge in [0.05, 0.1) is 29.8 Å². The van der Waals surface area contributed by atoms with Gasteiger partial charge in [-0.25, -0.2) is 9.37 Å². The van der Waals surface area contributed by atoms with Gasteiger partial charge in [-0.2, -0.15) is 0 Å². The van der Waals surface area contributed by atoms with Crippen molar-refractivity contribution in [2.75, 3.05) is 26.3 Å². The summed E-state index contributed by atoms with van der Waals surface area (Å²) in [4.78, 5) is 20.1. The quantitative estimate of drug-likeness (QED) is 0.556. The van der Waals surface area contributed by atoms with Crippen LogP contribution in [0.5, 0.6) is 0 Å². The van der Waals surface area contributed by atoms with Crippen LogP contribution in [0.4, 0.5) is 4.39 Å². The molecule has 1 fully saturated rings. The summed E-state index contributed by atoms with van der Waals surface area (Å²) in [5, 5.41) is 0.608. The first kappa shape index (κ1) is 15.7. The van der Waals surface area contributed by atoms with Gasteiger partial charge in [-0.1, -0.05) is 6.07 Å². The molecule has 2 aromatic carbocycles. The molecule has 0 radical (unpaired) electrons. The molecule has 0 unspecified atom stereocenters. The molecule has 26 heavy (non-hydrogen) atoms. The average molecular weight is 351 g/mol. The fraction of sp³-hybridized carbons (Fsp3) is 0.300. The molecule has 0 spiro atoms. The predicted molar refractivity (Wildman–Crippen MR) is 96.2 cm³/mol. The van der Waals surface area contributed by atoms with Gasteiger partial charge in [-0.05, 0) is 41.5 Å². The van der Waals surface area contributed by atoms with Gasteiger partial charge in [-0.3, -0.25) is 14.3 Å². The zero-order valence-corrected chi connectivity index (χ0v) is 14.2. The summed E-state index contributed by atoms with van der Waals surface area (Å²) in [6.45, 7) is 4.09. The Balaban J connectivity index is 1.59. The van der Waals surface area contributed by atoms with Crippen molar-refractivity contribution in [3.05, 3.63) is 69.5 Å². The van der Waals surface area contributed by atoms with Gasteiger partial charge in [0.25, 0.3) is 5.56 Å². The number of rotatable bonds is 2. The summed E-state index contributed by atoms with van der Waals surface area (Å²) in [5.41, 5.74) is 3.24. The highest BCUT2D eigenvalue weighted by Gasteiger charge is 2.23. The van der Waals surface area contributed by atoms with Crippen molar-refractivity contribution in [1.82, 2.24) is 14.5 Å². The van der Waals surface area contributed by atoms with Crippen LogP contribution in [0.3, 0.4) is 0 Å². The van der Waals surface area contributed by atoms with Gasteiger partial charge in [0.15, 0.2) is 0 Å². The molecule has 1 aromatic heterocycles. The minimum atomic E-state index is -0.290. The van der Waals surface area contributed by atoms with Crippen LogP contribution < -0.4 is 5.56 Å².